The average Bonchev–Trinajstić information content (AvgIpc) is 3.16. The molecular weight excluding hydrogens is 370 g/mol. The van der Waals surface area contributed by atoms with Crippen LogP contribution in [0.3, 0.4) is 0 Å². The Morgan fingerprint density at radius 2 is 1.59 bits per heavy atom. The normalized spacial score (nSPS) is 13.0. The number of rotatable bonds is 3. The summed E-state index contributed by atoms with van der Waals surface area (Å²) in [6.07, 6.45) is 1.30. The van der Waals surface area contributed by atoms with E-state index in [9.17, 15) is 14.4 Å². The number of hydrogen-bond donors (Lipinski definition) is 0. The summed E-state index contributed by atoms with van der Waals surface area (Å²) in [5.74, 6) is -2.22. The Hall–Kier alpha value is -3.45. The van der Waals surface area contributed by atoms with E-state index in [-0.39, 0.29) is 16.7 Å². The second kappa shape index (κ2) is 6.37. The van der Waals surface area contributed by atoms with Crippen LogP contribution in [0.25, 0.3) is 5.69 Å². The predicted octanol–water partition coefficient (Wildman–Crippen LogP) is 3.20. The highest BCUT2D eigenvalue weighted by Crippen LogP contribution is 2.25. The molecule has 27 heavy (non-hydrogen) atoms. The van der Waals surface area contributed by atoms with E-state index in [1.54, 1.807) is 43.3 Å². The minimum Gasteiger partial charge on any atom is -0.324 e. The highest BCUT2D eigenvalue weighted by Gasteiger charge is 2.39. The van der Waals surface area contributed by atoms with Gasteiger partial charge in [-0.2, -0.15) is 5.10 Å². The molecule has 2 aromatic carbocycles. The molecule has 134 valence electrons. The third-order valence-corrected chi connectivity index (χ3v) is 4.56. The Labute approximate surface area is 158 Å². The summed E-state index contributed by atoms with van der Waals surface area (Å²) >= 11 is 6.17. The summed E-state index contributed by atoms with van der Waals surface area (Å²) < 4.78 is 1.49. The molecule has 3 aromatic rings. The standard InChI is InChI=1S/C19H12ClN3O4/c1-11-14(10-21-22(11)16-9-5-4-8-15(16)20)19(26)27-23-17(24)12-6-2-3-7-13(12)18(23)25/h2-10H,1H3. The van der Waals surface area contributed by atoms with Gasteiger partial charge in [0.05, 0.1) is 33.7 Å². The van der Waals surface area contributed by atoms with E-state index in [4.69, 9.17) is 16.4 Å². The van der Waals surface area contributed by atoms with E-state index in [1.165, 1.54) is 23.0 Å². The van der Waals surface area contributed by atoms with Crippen LogP contribution in [-0.2, 0) is 4.84 Å². The maximum Gasteiger partial charge on any atom is 0.367 e. The number of hydrogen-bond acceptors (Lipinski definition) is 5. The van der Waals surface area contributed by atoms with E-state index in [1.807, 2.05) is 0 Å². The molecule has 4 rings (SSSR count). The zero-order valence-corrected chi connectivity index (χ0v) is 14.8. The van der Waals surface area contributed by atoms with Crippen molar-refractivity contribution >= 4 is 29.4 Å². The van der Waals surface area contributed by atoms with Crippen molar-refractivity contribution < 1.29 is 19.2 Å². The number of fused-ring (bicyclic) bond motifs is 1. The van der Waals surface area contributed by atoms with Crippen LogP contribution in [0.1, 0.15) is 36.8 Å². The second-order valence-electron chi connectivity index (χ2n) is 5.84. The minimum absolute atomic E-state index is 0.117. The lowest BCUT2D eigenvalue weighted by Gasteiger charge is -2.12. The number of amides is 2. The van der Waals surface area contributed by atoms with Gasteiger partial charge < -0.3 is 4.84 Å². The smallest absolute Gasteiger partial charge is 0.324 e. The Balaban J connectivity index is 1.61. The Morgan fingerprint density at radius 1 is 1.00 bits per heavy atom. The molecule has 1 aliphatic rings. The number of aromatic nitrogens is 2. The first-order valence-electron chi connectivity index (χ1n) is 7.98. The van der Waals surface area contributed by atoms with Crippen LogP contribution < -0.4 is 0 Å². The molecule has 0 fully saturated rings. The molecule has 0 aliphatic carbocycles. The minimum atomic E-state index is -0.861. The summed E-state index contributed by atoms with van der Waals surface area (Å²) in [6, 6.07) is 13.3. The summed E-state index contributed by atoms with van der Waals surface area (Å²) in [7, 11) is 0. The van der Waals surface area contributed by atoms with Crippen LogP contribution in [-0.4, -0.2) is 32.6 Å². The highest BCUT2D eigenvalue weighted by atomic mass is 35.5. The van der Waals surface area contributed by atoms with Crippen molar-refractivity contribution in [3.63, 3.8) is 0 Å². The molecule has 0 bridgehead atoms. The zero-order valence-electron chi connectivity index (χ0n) is 14.0. The molecule has 0 atom stereocenters. The molecule has 1 aliphatic heterocycles. The van der Waals surface area contributed by atoms with Crippen molar-refractivity contribution in [2.45, 2.75) is 6.92 Å². The van der Waals surface area contributed by atoms with Crippen molar-refractivity contribution in [2.75, 3.05) is 0 Å². The average molecular weight is 382 g/mol. The molecule has 0 saturated heterocycles. The van der Waals surface area contributed by atoms with Crippen molar-refractivity contribution in [3.05, 3.63) is 82.1 Å². The number of halogens is 1. The van der Waals surface area contributed by atoms with Crippen LogP contribution in [0.15, 0.2) is 54.7 Å². The van der Waals surface area contributed by atoms with Crippen LogP contribution in [0, 0.1) is 6.92 Å². The number of carbonyl (C=O) groups excluding carboxylic acids is 3. The van der Waals surface area contributed by atoms with Gasteiger partial charge in [-0.05, 0) is 31.2 Å². The quantitative estimate of drug-likeness (QED) is 0.651. The zero-order chi connectivity index (χ0) is 19.1. The van der Waals surface area contributed by atoms with E-state index in [0.717, 1.165) is 0 Å². The maximum atomic E-state index is 12.5. The van der Waals surface area contributed by atoms with Crippen molar-refractivity contribution in [3.8, 4) is 5.69 Å². The van der Waals surface area contributed by atoms with Gasteiger partial charge in [-0.25, -0.2) is 9.48 Å². The van der Waals surface area contributed by atoms with Gasteiger partial charge in [0.15, 0.2) is 0 Å². The number of imide groups is 1. The molecule has 0 spiro atoms. The van der Waals surface area contributed by atoms with Gasteiger partial charge in [-0.15, -0.1) is 0 Å². The van der Waals surface area contributed by atoms with Crippen LogP contribution >= 0.6 is 11.6 Å². The number of para-hydroxylation sites is 1. The van der Waals surface area contributed by atoms with Gasteiger partial charge in [0, 0.05) is 0 Å². The highest BCUT2D eigenvalue weighted by molar-refractivity contribution is 6.32. The molecule has 0 radical (unpaired) electrons. The van der Waals surface area contributed by atoms with E-state index >= 15 is 0 Å². The second-order valence-corrected chi connectivity index (χ2v) is 6.24. The molecule has 7 nitrogen and oxygen atoms in total. The number of carbonyl (C=O) groups is 3. The predicted molar refractivity (Wildman–Crippen MR) is 95.7 cm³/mol. The molecule has 0 unspecified atom stereocenters. The first-order chi connectivity index (χ1) is 13.0. The van der Waals surface area contributed by atoms with Gasteiger partial charge in [0.1, 0.15) is 5.56 Å². The molecule has 2 heterocycles. The summed E-state index contributed by atoms with van der Waals surface area (Å²) in [5, 5.41) is 5.10. The number of nitrogens with zero attached hydrogens (tertiary/aromatic N) is 3. The molecule has 2 amide bonds. The van der Waals surface area contributed by atoms with Gasteiger partial charge >= 0.3 is 5.97 Å². The lowest BCUT2D eigenvalue weighted by atomic mass is 10.1. The van der Waals surface area contributed by atoms with E-state index < -0.39 is 17.8 Å². The lowest BCUT2D eigenvalue weighted by Crippen LogP contribution is -2.32. The van der Waals surface area contributed by atoms with Crippen LogP contribution in [0.4, 0.5) is 0 Å². The molecular formula is C19H12ClN3O4. The van der Waals surface area contributed by atoms with Crippen LogP contribution in [0.5, 0.6) is 0 Å². The third-order valence-electron chi connectivity index (χ3n) is 4.24. The number of benzene rings is 2. The van der Waals surface area contributed by atoms with Crippen molar-refractivity contribution in [2.24, 2.45) is 0 Å². The Bertz CT molecular complexity index is 1070. The molecule has 0 saturated carbocycles. The van der Waals surface area contributed by atoms with Crippen LogP contribution in [0.2, 0.25) is 5.02 Å². The summed E-state index contributed by atoms with van der Waals surface area (Å²) in [5.41, 5.74) is 1.56. The molecule has 8 heteroatoms. The molecule has 0 N–H and O–H groups in total. The SMILES string of the molecule is Cc1c(C(=O)ON2C(=O)c3ccccc3C2=O)cnn1-c1ccccc1Cl. The number of hydroxylamine groups is 2. The van der Waals surface area contributed by atoms with Gasteiger partial charge in [-0.3, -0.25) is 9.59 Å². The summed E-state index contributed by atoms with van der Waals surface area (Å²) in [4.78, 5) is 42.3. The monoisotopic (exact) mass is 381 g/mol. The fourth-order valence-corrected chi connectivity index (χ4v) is 3.07. The first kappa shape index (κ1) is 17.0. The largest absolute Gasteiger partial charge is 0.367 e. The van der Waals surface area contributed by atoms with Gasteiger partial charge in [0.2, 0.25) is 0 Å². The van der Waals surface area contributed by atoms with E-state index in [2.05, 4.69) is 5.10 Å². The van der Waals surface area contributed by atoms with Gasteiger partial charge in [-0.1, -0.05) is 40.9 Å². The van der Waals surface area contributed by atoms with E-state index in [0.29, 0.717) is 21.5 Å². The Morgan fingerprint density at radius 3 is 2.22 bits per heavy atom. The molecule has 1 aromatic heterocycles. The Kier molecular flexibility index (Phi) is 4.01. The summed E-state index contributed by atoms with van der Waals surface area (Å²) in [6.45, 7) is 1.66. The van der Waals surface area contributed by atoms with Crippen molar-refractivity contribution in [1.82, 2.24) is 14.8 Å². The third kappa shape index (κ3) is 2.69. The maximum absolute atomic E-state index is 12.5. The van der Waals surface area contributed by atoms with Crippen molar-refractivity contribution in [1.29, 1.82) is 0 Å². The van der Waals surface area contributed by atoms with Gasteiger partial charge in [0.25, 0.3) is 11.8 Å². The topological polar surface area (TPSA) is 81.5 Å². The first-order valence-corrected chi connectivity index (χ1v) is 8.36. The fourth-order valence-electron chi connectivity index (χ4n) is 2.86. The lowest BCUT2D eigenvalue weighted by molar-refractivity contribution is -0.0585. The fraction of sp³-hybridized carbons (Fsp3) is 0.0526.